The third-order valence-electron chi connectivity index (χ3n) is 2.67. The smallest absolute Gasteiger partial charge is 0.134 e. The summed E-state index contributed by atoms with van der Waals surface area (Å²) in [5.41, 5.74) is 0. The molecule has 1 aliphatic heterocycles. The number of aldehydes is 1. The predicted octanol–water partition coefficient (Wildman–Crippen LogP) is 1.61. The van der Waals surface area contributed by atoms with Crippen LogP contribution in [0.3, 0.4) is 0 Å². The molecule has 0 aliphatic carbocycles. The van der Waals surface area contributed by atoms with Gasteiger partial charge in [-0.05, 0) is 19.8 Å². The minimum atomic E-state index is 0.416. The van der Waals surface area contributed by atoms with Gasteiger partial charge in [-0.2, -0.15) is 0 Å². The van der Waals surface area contributed by atoms with Gasteiger partial charge < -0.3 is 4.79 Å². The van der Waals surface area contributed by atoms with E-state index in [0.29, 0.717) is 18.6 Å². The van der Waals surface area contributed by atoms with E-state index >= 15 is 0 Å². The lowest BCUT2D eigenvalue weighted by Crippen LogP contribution is -2.45. The topological polar surface area (TPSA) is 20.3 Å². The lowest BCUT2D eigenvalue weighted by atomic mass is 9.97. The van der Waals surface area contributed by atoms with Gasteiger partial charge in [0.1, 0.15) is 6.29 Å². The van der Waals surface area contributed by atoms with Crippen molar-refractivity contribution in [1.29, 1.82) is 0 Å². The van der Waals surface area contributed by atoms with E-state index in [0.717, 1.165) is 12.7 Å². The third-order valence-corrected chi connectivity index (χ3v) is 2.67. The van der Waals surface area contributed by atoms with Crippen LogP contribution in [0.2, 0.25) is 0 Å². The van der Waals surface area contributed by atoms with Crippen LogP contribution in [-0.4, -0.2) is 29.8 Å². The Hall–Kier alpha value is -0.630. The molecule has 68 valence electrons. The maximum atomic E-state index is 10.4. The molecule has 2 atom stereocenters. The Balaban J connectivity index is 2.58. The second-order valence-electron chi connectivity index (χ2n) is 3.45. The molecule has 2 heteroatoms. The van der Waals surface area contributed by atoms with E-state index in [1.807, 2.05) is 6.08 Å². The van der Waals surface area contributed by atoms with Crippen LogP contribution in [0.1, 0.15) is 26.2 Å². The Morgan fingerprint density at radius 1 is 1.58 bits per heavy atom. The van der Waals surface area contributed by atoms with Gasteiger partial charge in [-0.3, -0.25) is 4.90 Å². The highest BCUT2D eigenvalue weighted by atomic mass is 16.1. The molecule has 2 unspecified atom stereocenters. The molecule has 1 heterocycles. The molecule has 1 aliphatic rings. The van der Waals surface area contributed by atoms with Crippen LogP contribution < -0.4 is 0 Å². The standard InChI is InChI=1S/C10H17NO/c1-3-10-6-4-5-9(2)11(10)7-8-12/h3,8-10H,1,4-7H2,2H3. The lowest BCUT2D eigenvalue weighted by molar-refractivity contribution is -0.110. The highest BCUT2D eigenvalue weighted by Gasteiger charge is 2.24. The summed E-state index contributed by atoms with van der Waals surface area (Å²) in [6.45, 7) is 6.53. The first kappa shape index (κ1) is 9.46. The van der Waals surface area contributed by atoms with E-state index in [-0.39, 0.29) is 0 Å². The van der Waals surface area contributed by atoms with E-state index in [9.17, 15) is 4.79 Å². The normalized spacial score (nSPS) is 31.4. The largest absolute Gasteiger partial charge is 0.302 e. The van der Waals surface area contributed by atoms with E-state index in [4.69, 9.17) is 0 Å². The molecule has 12 heavy (non-hydrogen) atoms. The number of likely N-dealkylation sites (tertiary alicyclic amines) is 1. The second kappa shape index (κ2) is 4.41. The van der Waals surface area contributed by atoms with Crippen molar-refractivity contribution in [2.75, 3.05) is 6.54 Å². The predicted molar refractivity (Wildman–Crippen MR) is 50.1 cm³/mol. The molecule has 0 spiro atoms. The maximum Gasteiger partial charge on any atom is 0.134 e. The fourth-order valence-electron chi connectivity index (χ4n) is 1.94. The quantitative estimate of drug-likeness (QED) is 0.470. The first-order valence-electron chi connectivity index (χ1n) is 4.61. The van der Waals surface area contributed by atoms with E-state index in [1.54, 1.807) is 0 Å². The van der Waals surface area contributed by atoms with Crippen LogP contribution in [-0.2, 0) is 4.79 Å². The molecule has 0 aromatic heterocycles. The van der Waals surface area contributed by atoms with Gasteiger partial charge in [0.05, 0.1) is 6.54 Å². The van der Waals surface area contributed by atoms with Gasteiger partial charge in [0.2, 0.25) is 0 Å². The van der Waals surface area contributed by atoms with Crippen LogP contribution in [0.5, 0.6) is 0 Å². The molecule has 0 radical (unpaired) electrons. The summed E-state index contributed by atoms with van der Waals surface area (Å²) in [5.74, 6) is 0. The zero-order valence-electron chi connectivity index (χ0n) is 7.70. The zero-order chi connectivity index (χ0) is 8.97. The number of rotatable bonds is 3. The van der Waals surface area contributed by atoms with Crippen LogP contribution in [0.15, 0.2) is 12.7 Å². The summed E-state index contributed by atoms with van der Waals surface area (Å²) in [6.07, 6.45) is 6.56. The van der Waals surface area contributed by atoms with Crippen molar-refractivity contribution >= 4 is 6.29 Å². The molecule has 0 bridgehead atoms. The number of hydrogen-bond donors (Lipinski definition) is 0. The van der Waals surface area contributed by atoms with Gasteiger partial charge >= 0.3 is 0 Å². The minimum absolute atomic E-state index is 0.416. The Morgan fingerprint density at radius 3 is 2.92 bits per heavy atom. The molecular weight excluding hydrogens is 150 g/mol. The Labute approximate surface area is 74.2 Å². The summed E-state index contributed by atoms with van der Waals surface area (Å²) in [6, 6.07) is 0.950. The van der Waals surface area contributed by atoms with Gasteiger partial charge in [0.15, 0.2) is 0 Å². The SMILES string of the molecule is C=CC1CCCC(C)N1CC=O. The molecular formula is C10H17NO. The average molecular weight is 167 g/mol. The molecule has 0 N–H and O–H groups in total. The fraction of sp³-hybridized carbons (Fsp3) is 0.700. The molecule has 1 rings (SSSR count). The van der Waals surface area contributed by atoms with Crippen molar-refractivity contribution in [2.45, 2.75) is 38.3 Å². The van der Waals surface area contributed by atoms with Crippen LogP contribution >= 0.6 is 0 Å². The minimum Gasteiger partial charge on any atom is -0.302 e. The fourth-order valence-corrected chi connectivity index (χ4v) is 1.94. The number of hydrogen-bond acceptors (Lipinski definition) is 2. The van der Waals surface area contributed by atoms with Gasteiger partial charge in [0.25, 0.3) is 0 Å². The van der Waals surface area contributed by atoms with Crippen molar-refractivity contribution < 1.29 is 4.79 Å². The van der Waals surface area contributed by atoms with E-state index < -0.39 is 0 Å². The molecule has 2 nitrogen and oxygen atoms in total. The van der Waals surface area contributed by atoms with Crippen molar-refractivity contribution in [2.24, 2.45) is 0 Å². The third kappa shape index (κ3) is 1.95. The van der Waals surface area contributed by atoms with E-state index in [2.05, 4.69) is 18.4 Å². The molecule has 0 saturated carbocycles. The summed E-state index contributed by atoms with van der Waals surface area (Å²) >= 11 is 0. The van der Waals surface area contributed by atoms with Crippen LogP contribution in [0, 0.1) is 0 Å². The Kier molecular flexibility index (Phi) is 3.48. The number of carbonyl (C=O) groups excluding carboxylic acids is 1. The lowest BCUT2D eigenvalue weighted by Gasteiger charge is -2.37. The molecule has 1 fully saturated rings. The maximum absolute atomic E-state index is 10.4. The number of piperidine rings is 1. The first-order valence-corrected chi connectivity index (χ1v) is 4.61. The number of carbonyl (C=O) groups is 1. The van der Waals surface area contributed by atoms with Crippen molar-refractivity contribution in [1.82, 2.24) is 4.90 Å². The molecule has 0 amide bonds. The highest BCUT2D eigenvalue weighted by molar-refractivity contribution is 5.52. The van der Waals surface area contributed by atoms with E-state index in [1.165, 1.54) is 12.8 Å². The summed E-state index contributed by atoms with van der Waals surface area (Å²) in [5, 5.41) is 0. The average Bonchev–Trinajstić information content (AvgIpc) is 2.09. The Bertz CT molecular complexity index is 167. The van der Waals surface area contributed by atoms with Crippen molar-refractivity contribution in [3.05, 3.63) is 12.7 Å². The number of nitrogens with zero attached hydrogens (tertiary/aromatic N) is 1. The van der Waals surface area contributed by atoms with Crippen LogP contribution in [0.4, 0.5) is 0 Å². The summed E-state index contributed by atoms with van der Waals surface area (Å²) in [4.78, 5) is 12.6. The van der Waals surface area contributed by atoms with Crippen molar-refractivity contribution in [3.63, 3.8) is 0 Å². The van der Waals surface area contributed by atoms with Crippen LogP contribution in [0.25, 0.3) is 0 Å². The monoisotopic (exact) mass is 167 g/mol. The molecule has 1 saturated heterocycles. The molecule has 0 aromatic rings. The summed E-state index contributed by atoms with van der Waals surface area (Å²) in [7, 11) is 0. The first-order chi connectivity index (χ1) is 5.79. The van der Waals surface area contributed by atoms with Gasteiger partial charge in [0, 0.05) is 12.1 Å². The van der Waals surface area contributed by atoms with Gasteiger partial charge in [-0.15, -0.1) is 6.58 Å². The van der Waals surface area contributed by atoms with Crippen molar-refractivity contribution in [3.8, 4) is 0 Å². The Morgan fingerprint density at radius 2 is 2.33 bits per heavy atom. The zero-order valence-corrected chi connectivity index (χ0v) is 7.70. The molecule has 0 aromatic carbocycles. The van der Waals surface area contributed by atoms with Gasteiger partial charge in [-0.1, -0.05) is 12.5 Å². The second-order valence-corrected chi connectivity index (χ2v) is 3.45. The highest BCUT2D eigenvalue weighted by Crippen LogP contribution is 2.22. The van der Waals surface area contributed by atoms with Gasteiger partial charge in [-0.25, -0.2) is 0 Å². The summed E-state index contributed by atoms with van der Waals surface area (Å²) < 4.78 is 0.